The lowest BCUT2D eigenvalue weighted by atomic mass is 9.96. The van der Waals surface area contributed by atoms with Gasteiger partial charge in [0.2, 0.25) is 0 Å². The Bertz CT molecular complexity index is 1530. The molecule has 1 fully saturated rings. The van der Waals surface area contributed by atoms with Crippen molar-refractivity contribution in [3.8, 4) is 28.6 Å². The molecule has 1 N–H and O–H groups in total. The third kappa shape index (κ3) is 6.18. The van der Waals surface area contributed by atoms with Gasteiger partial charge >= 0.3 is 0 Å². The third-order valence-electron chi connectivity index (χ3n) is 7.45. The second kappa shape index (κ2) is 12.2. The van der Waals surface area contributed by atoms with Crippen LogP contribution in [0.5, 0.6) is 17.2 Å². The molecule has 4 aromatic rings. The normalized spacial score (nSPS) is 16.0. The lowest BCUT2D eigenvalue weighted by Gasteiger charge is -2.35. The zero-order valence-corrected chi connectivity index (χ0v) is 23.3. The second-order valence-corrected chi connectivity index (χ2v) is 10.8. The summed E-state index contributed by atoms with van der Waals surface area (Å²) in [5.74, 6) is 1.50. The maximum atomic E-state index is 15.4. The summed E-state index contributed by atoms with van der Waals surface area (Å²) in [6, 6.07) is 17.8. The number of aliphatic hydroxyl groups excluding tert-OH is 1. The number of halogens is 1. The number of aryl methyl sites for hydroxylation is 1. The fourth-order valence-electron chi connectivity index (χ4n) is 5.28. The molecule has 1 atom stereocenters. The van der Waals surface area contributed by atoms with Gasteiger partial charge in [0.1, 0.15) is 35.5 Å². The molecular weight excluding hydrogens is 509 g/mol. The van der Waals surface area contributed by atoms with E-state index in [0.29, 0.717) is 40.7 Å². The van der Waals surface area contributed by atoms with Crippen LogP contribution in [-0.2, 0) is 6.54 Å². The number of fused-ring (bicyclic) bond motifs is 1. The summed E-state index contributed by atoms with van der Waals surface area (Å²) in [5, 5.41) is 9.46. The first kappa shape index (κ1) is 27.8. The molecule has 8 heteroatoms. The zero-order valence-electron chi connectivity index (χ0n) is 23.3. The topological polar surface area (TPSA) is 76.8 Å². The number of benzene rings is 3. The number of ether oxygens (including phenoxy) is 2. The van der Waals surface area contributed by atoms with E-state index in [-0.39, 0.29) is 36.1 Å². The summed E-state index contributed by atoms with van der Waals surface area (Å²) in [6.45, 7) is 8.62. The van der Waals surface area contributed by atoms with Crippen LogP contribution in [0.4, 0.5) is 4.39 Å². The summed E-state index contributed by atoms with van der Waals surface area (Å²) < 4.78 is 28.5. The highest BCUT2D eigenvalue weighted by molar-refractivity contribution is 5.81. The summed E-state index contributed by atoms with van der Waals surface area (Å²) >= 11 is 0. The number of nitrogens with zero attached hydrogens (tertiary/aromatic N) is 3. The smallest absolute Gasteiger partial charge is 0.261 e. The molecule has 0 spiro atoms. The molecular formula is C32H36FN3O4. The first-order valence-corrected chi connectivity index (χ1v) is 13.9. The van der Waals surface area contributed by atoms with Gasteiger partial charge in [-0.1, -0.05) is 17.7 Å². The SMILES string of the molecule is Cc1ccc(Oc2ccc3nc(-c4ccc(OCCO)cc4F)n(C[C@H]4CCCN(C(C)C)C4)c(=O)c3c2)cc1. The average Bonchev–Trinajstić information content (AvgIpc) is 2.95. The van der Waals surface area contributed by atoms with E-state index in [4.69, 9.17) is 19.6 Å². The number of hydrogen-bond acceptors (Lipinski definition) is 6. The van der Waals surface area contributed by atoms with E-state index in [2.05, 4.69) is 18.7 Å². The Balaban J connectivity index is 1.57. The van der Waals surface area contributed by atoms with E-state index in [1.807, 2.05) is 31.2 Å². The van der Waals surface area contributed by atoms with Crippen LogP contribution in [0.2, 0.25) is 0 Å². The molecule has 7 nitrogen and oxygen atoms in total. The van der Waals surface area contributed by atoms with Crippen LogP contribution in [0.3, 0.4) is 0 Å². The van der Waals surface area contributed by atoms with Gasteiger partial charge in [0.05, 0.1) is 23.1 Å². The molecule has 1 aromatic heterocycles. The molecule has 1 aliphatic rings. The van der Waals surface area contributed by atoms with Crippen molar-refractivity contribution in [2.45, 2.75) is 46.2 Å². The predicted octanol–water partition coefficient (Wildman–Crippen LogP) is 5.79. The quantitative estimate of drug-likeness (QED) is 0.287. The van der Waals surface area contributed by atoms with Gasteiger partial charge < -0.3 is 19.5 Å². The highest BCUT2D eigenvalue weighted by Crippen LogP contribution is 2.30. The van der Waals surface area contributed by atoms with Crippen molar-refractivity contribution in [1.29, 1.82) is 0 Å². The molecule has 0 amide bonds. The predicted molar refractivity (Wildman–Crippen MR) is 155 cm³/mol. The average molecular weight is 546 g/mol. The maximum Gasteiger partial charge on any atom is 0.261 e. The standard InChI is InChI=1S/C32H36FN3O4/c1-21(2)35-14-4-5-23(19-35)20-36-31(27-12-10-25(18-29(27)33)39-16-15-37)34-30-13-11-26(17-28(30)32(36)38)40-24-8-6-22(3)7-9-24/h6-13,17-18,21,23,37H,4-5,14-16,19-20H2,1-3H3/t23-/m0/s1. The molecule has 1 saturated heterocycles. The van der Waals surface area contributed by atoms with Crippen molar-refractivity contribution < 1.29 is 19.0 Å². The first-order chi connectivity index (χ1) is 19.3. The number of aliphatic hydroxyl groups is 1. The van der Waals surface area contributed by atoms with E-state index in [9.17, 15) is 4.79 Å². The molecule has 5 rings (SSSR count). The van der Waals surface area contributed by atoms with Crippen molar-refractivity contribution in [2.24, 2.45) is 5.92 Å². The van der Waals surface area contributed by atoms with Crippen LogP contribution < -0.4 is 15.0 Å². The number of likely N-dealkylation sites (tertiary alicyclic amines) is 1. The summed E-state index contributed by atoms with van der Waals surface area (Å²) in [7, 11) is 0. The fourth-order valence-corrected chi connectivity index (χ4v) is 5.28. The highest BCUT2D eigenvalue weighted by atomic mass is 19.1. The molecule has 3 aromatic carbocycles. The number of aromatic nitrogens is 2. The monoisotopic (exact) mass is 545 g/mol. The van der Waals surface area contributed by atoms with Crippen LogP contribution in [0.15, 0.2) is 65.5 Å². The van der Waals surface area contributed by atoms with Crippen LogP contribution in [0.25, 0.3) is 22.3 Å². The number of rotatable bonds is 9. The largest absolute Gasteiger partial charge is 0.491 e. The minimum absolute atomic E-state index is 0.0682. The molecule has 210 valence electrons. The molecule has 1 aliphatic heterocycles. The molecule has 0 bridgehead atoms. The lowest BCUT2D eigenvalue weighted by Crippen LogP contribution is -2.42. The van der Waals surface area contributed by atoms with E-state index in [1.54, 1.807) is 34.9 Å². The van der Waals surface area contributed by atoms with Crippen molar-refractivity contribution in [3.63, 3.8) is 0 Å². The Morgan fingerprint density at radius 2 is 1.80 bits per heavy atom. The number of piperidine rings is 1. The number of hydrogen-bond donors (Lipinski definition) is 1. The first-order valence-electron chi connectivity index (χ1n) is 13.9. The third-order valence-corrected chi connectivity index (χ3v) is 7.45. The Morgan fingerprint density at radius 1 is 1.05 bits per heavy atom. The van der Waals surface area contributed by atoms with E-state index in [0.717, 1.165) is 31.5 Å². The van der Waals surface area contributed by atoms with Gasteiger partial charge in [-0.3, -0.25) is 9.36 Å². The van der Waals surface area contributed by atoms with Crippen molar-refractivity contribution in [3.05, 3.63) is 82.4 Å². The van der Waals surface area contributed by atoms with Crippen LogP contribution >= 0.6 is 0 Å². The Morgan fingerprint density at radius 3 is 2.52 bits per heavy atom. The fraction of sp³-hybridized carbons (Fsp3) is 0.375. The Kier molecular flexibility index (Phi) is 8.47. The summed E-state index contributed by atoms with van der Waals surface area (Å²) in [6.07, 6.45) is 2.04. The minimum Gasteiger partial charge on any atom is -0.491 e. The molecule has 0 aliphatic carbocycles. The van der Waals surface area contributed by atoms with Gasteiger partial charge in [0, 0.05) is 25.2 Å². The molecule has 0 unspecified atom stereocenters. The van der Waals surface area contributed by atoms with E-state index >= 15 is 4.39 Å². The molecule has 0 saturated carbocycles. The Hall–Kier alpha value is -3.75. The second-order valence-electron chi connectivity index (χ2n) is 10.8. The molecule has 2 heterocycles. The van der Waals surface area contributed by atoms with Gasteiger partial charge in [-0.05, 0) is 88.5 Å². The van der Waals surface area contributed by atoms with Crippen molar-refractivity contribution in [2.75, 3.05) is 26.3 Å². The minimum atomic E-state index is -0.540. The van der Waals surface area contributed by atoms with Gasteiger partial charge in [0.25, 0.3) is 5.56 Å². The zero-order chi connectivity index (χ0) is 28.2. The highest BCUT2D eigenvalue weighted by Gasteiger charge is 2.25. The lowest BCUT2D eigenvalue weighted by molar-refractivity contribution is 0.130. The maximum absolute atomic E-state index is 15.4. The molecule has 40 heavy (non-hydrogen) atoms. The summed E-state index contributed by atoms with van der Waals surface area (Å²) in [4.78, 5) is 21.3. The van der Waals surface area contributed by atoms with Gasteiger partial charge in [-0.15, -0.1) is 0 Å². The van der Waals surface area contributed by atoms with Crippen molar-refractivity contribution in [1.82, 2.24) is 14.5 Å². The van der Waals surface area contributed by atoms with Gasteiger partial charge in [0.15, 0.2) is 0 Å². The Labute approximate surface area is 233 Å². The van der Waals surface area contributed by atoms with Gasteiger partial charge in [-0.2, -0.15) is 0 Å². The summed E-state index contributed by atoms with van der Waals surface area (Å²) in [5.41, 5.74) is 1.60. The van der Waals surface area contributed by atoms with E-state index in [1.165, 1.54) is 6.07 Å². The van der Waals surface area contributed by atoms with Crippen LogP contribution in [0, 0.1) is 18.7 Å². The van der Waals surface area contributed by atoms with E-state index < -0.39 is 5.82 Å². The molecule has 0 radical (unpaired) electrons. The van der Waals surface area contributed by atoms with Crippen molar-refractivity contribution >= 4 is 10.9 Å². The van der Waals surface area contributed by atoms with Crippen LogP contribution in [0.1, 0.15) is 32.3 Å². The van der Waals surface area contributed by atoms with Gasteiger partial charge in [-0.25, -0.2) is 9.37 Å². The van der Waals surface area contributed by atoms with Crippen LogP contribution in [-0.4, -0.2) is 51.9 Å².